The maximum absolute atomic E-state index is 12.3. The lowest BCUT2D eigenvalue weighted by Gasteiger charge is -2.36. The topological polar surface area (TPSA) is 44.8 Å². The molecule has 5 nitrogen and oxygen atoms in total. The number of ether oxygens (including phenoxy) is 1. The van der Waals surface area contributed by atoms with Crippen LogP contribution >= 0.6 is 36.4 Å². The average molecular weight is 411 g/mol. The predicted octanol–water partition coefficient (Wildman–Crippen LogP) is 2.60. The van der Waals surface area contributed by atoms with E-state index < -0.39 is 0 Å². The third kappa shape index (κ3) is 6.19. The van der Waals surface area contributed by atoms with E-state index in [1.165, 1.54) is 0 Å². The fraction of sp³-hybridized carbons (Fsp3) is 0.588. The van der Waals surface area contributed by atoms with Gasteiger partial charge in [0.1, 0.15) is 0 Å². The minimum Gasteiger partial charge on any atom is -0.377 e. The molecule has 0 aliphatic carbocycles. The molecule has 1 amide bonds. The van der Waals surface area contributed by atoms with Crippen LogP contribution in [0.4, 0.5) is 5.69 Å². The van der Waals surface area contributed by atoms with Crippen LogP contribution in [-0.4, -0.2) is 62.8 Å². The summed E-state index contributed by atoms with van der Waals surface area (Å²) >= 11 is 6.24. The Hall–Kier alpha value is -0.720. The molecule has 1 unspecified atom stereocenters. The Morgan fingerprint density at radius 2 is 1.92 bits per heavy atom. The molecule has 142 valence electrons. The summed E-state index contributed by atoms with van der Waals surface area (Å²) in [6.45, 7) is 5.14. The lowest BCUT2D eigenvalue weighted by molar-refractivity contribution is -0.130. The second-order valence-corrected chi connectivity index (χ2v) is 6.49. The van der Waals surface area contributed by atoms with Crippen LogP contribution in [0.5, 0.6) is 0 Å². The molecular formula is C17H26Cl3N3O2. The Labute approximate surface area is 166 Å². The number of benzene rings is 1. The summed E-state index contributed by atoms with van der Waals surface area (Å²) in [6, 6.07) is 7.87. The number of rotatable bonds is 5. The Kier molecular flexibility index (Phi) is 9.90. The van der Waals surface area contributed by atoms with Gasteiger partial charge in [0.05, 0.1) is 23.4 Å². The van der Waals surface area contributed by atoms with E-state index in [1.54, 1.807) is 0 Å². The number of piperazine rings is 1. The molecule has 2 saturated heterocycles. The van der Waals surface area contributed by atoms with Crippen molar-refractivity contribution in [3.63, 3.8) is 0 Å². The summed E-state index contributed by atoms with van der Waals surface area (Å²) in [4.78, 5) is 16.4. The smallest absolute Gasteiger partial charge is 0.236 e. The van der Waals surface area contributed by atoms with Crippen LogP contribution in [0.15, 0.2) is 24.3 Å². The zero-order valence-electron chi connectivity index (χ0n) is 14.2. The van der Waals surface area contributed by atoms with Crippen LogP contribution in [0.2, 0.25) is 5.02 Å². The first-order chi connectivity index (χ1) is 11.2. The molecule has 1 N–H and O–H groups in total. The molecule has 0 radical (unpaired) electrons. The molecule has 0 aromatic heterocycles. The van der Waals surface area contributed by atoms with Gasteiger partial charge in [0.25, 0.3) is 0 Å². The number of para-hydroxylation sites is 1. The maximum Gasteiger partial charge on any atom is 0.236 e. The molecule has 25 heavy (non-hydrogen) atoms. The van der Waals surface area contributed by atoms with Crippen LogP contribution in [-0.2, 0) is 9.53 Å². The van der Waals surface area contributed by atoms with Crippen molar-refractivity contribution in [1.29, 1.82) is 0 Å². The van der Waals surface area contributed by atoms with Crippen molar-refractivity contribution in [3.05, 3.63) is 29.3 Å². The summed E-state index contributed by atoms with van der Waals surface area (Å²) in [7, 11) is 0. The Bertz CT molecular complexity index is 534. The van der Waals surface area contributed by atoms with Gasteiger partial charge in [-0.05, 0) is 25.0 Å². The maximum atomic E-state index is 12.3. The van der Waals surface area contributed by atoms with E-state index in [9.17, 15) is 4.79 Å². The largest absolute Gasteiger partial charge is 0.377 e. The van der Waals surface area contributed by atoms with Crippen molar-refractivity contribution in [3.8, 4) is 0 Å². The number of carbonyl (C=O) groups is 1. The summed E-state index contributed by atoms with van der Waals surface area (Å²) in [6.07, 6.45) is 2.50. The van der Waals surface area contributed by atoms with E-state index in [2.05, 4.69) is 10.2 Å². The van der Waals surface area contributed by atoms with Crippen molar-refractivity contribution in [2.45, 2.75) is 18.9 Å². The molecule has 2 heterocycles. The number of nitrogens with one attached hydrogen (secondary N) is 1. The normalized spacial score (nSPS) is 20.0. The molecule has 0 spiro atoms. The molecular weight excluding hydrogens is 385 g/mol. The molecule has 1 aromatic carbocycles. The van der Waals surface area contributed by atoms with E-state index in [0.717, 1.165) is 62.9 Å². The lowest BCUT2D eigenvalue weighted by atomic mass is 10.2. The second kappa shape index (κ2) is 11.1. The Morgan fingerprint density at radius 3 is 2.56 bits per heavy atom. The summed E-state index contributed by atoms with van der Waals surface area (Å²) in [5.41, 5.74) is 1.05. The predicted molar refractivity (Wildman–Crippen MR) is 107 cm³/mol. The standard InChI is InChI=1S/C17H24ClN3O2.2ClH/c18-15-5-1-2-6-16(15)20-7-9-21(10-8-20)17(22)13-19-12-14-4-3-11-23-14;;/h1-2,5-6,14,19H,3-4,7-13H2;2*1H. The van der Waals surface area contributed by atoms with Crippen LogP contribution in [0.3, 0.4) is 0 Å². The Balaban J connectivity index is 0.00000156. The highest BCUT2D eigenvalue weighted by Crippen LogP contribution is 2.25. The van der Waals surface area contributed by atoms with Gasteiger partial charge in [-0.2, -0.15) is 0 Å². The molecule has 1 aromatic rings. The lowest BCUT2D eigenvalue weighted by Crippen LogP contribution is -2.51. The number of halogens is 3. The Morgan fingerprint density at radius 1 is 1.20 bits per heavy atom. The van der Waals surface area contributed by atoms with E-state index in [1.807, 2.05) is 29.2 Å². The molecule has 2 aliphatic heterocycles. The fourth-order valence-corrected chi connectivity index (χ4v) is 3.42. The summed E-state index contributed by atoms with van der Waals surface area (Å²) in [5.74, 6) is 0.168. The number of nitrogens with zero attached hydrogens (tertiary/aromatic N) is 2. The molecule has 0 bridgehead atoms. The van der Waals surface area contributed by atoms with Crippen LogP contribution in [0.25, 0.3) is 0 Å². The van der Waals surface area contributed by atoms with E-state index in [4.69, 9.17) is 16.3 Å². The van der Waals surface area contributed by atoms with Crippen molar-refractivity contribution >= 4 is 48.0 Å². The quantitative estimate of drug-likeness (QED) is 0.810. The van der Waals surface area contributed by atoms with E-state index in [0.29, 0.717) is 6.54 Å². The highest BCUT2D eigenvalue weighted by molar-refractivity contribution is 6.33. The zero-order valence-corrected chi connectivity index (χ0v) is 16.5. The van der Waals surface area contributed by atoms with Gasteiger partial charge in [-0.25, -0.2) is 0 Å². The number of hydrogen-bond donors (Lipinski definition) is 1. The SMILES string of the molecule is Cl.Cl.O=C(CNCC1CCCO1)N1CCN(c2ccccc2Cl)CC1. The van der Waals surface area contributed by atoms with Crippen LogP contribution < -0.4 is 10.2 Å². The van der Waals surface area contributed by atoms with E-state index in [-0.39, 0.29) is 36.8 Å². The third-order valence-corrected chi connectivity index (χ3v) is 4.82. The van der Waals surface area contributed by atoms with Crippen LogP contribution in [0, 0.1) is 0 Å². The van der Waals surface area contributed by atoms with Crippen molar-refractivity contribution in [1.82, 2.24) is 10.2 Å². The molecule has 2 aliphatic rings. The van der Waals surface area contributed by atoms with Gasteiger partial charge in [0, 0.05) is 39.3 Å². The monoisotopic (exact) mass is 409 g/mol. The first-order valence-corrected chi connectivity index (χ1v) is 8.71. The molecule has 3 rings (SSSR count). The highest BCUT2D eigenvalue weighted by atomic mass is 35.5. The molecule has 8 heteroatoms. The number of carbonyl (C=O) groups excluding carboxylic acids is 1. The van der Waals surface area contributed by atoms with Gasteiger partial charge < -0.3 is 19.9 Å². The van der Waals surface area contributed by atoms with Crippen molar-refractivity contribution in [2.75, 3.05) is 50.8 Å². The van der Waals surface area contributed by atoms with Gasteiger partial charge in [-0.1, -0.05) is 23.7 Å². The average Bonchev–Trinajstić information content (AvgIpc) is 3.09. The van der Waals surface area contributed by atoms with Gasteiger partial charge in [-0.3, -0.25) is 4.79 Å². The van der Waals surface area contributed by atoms with Gasteiger partial charge in [-0.15, -0.1) is 24.8 Å². The minimum atomic E-state index is 0. The van der Waals surface area contributed by atoms with Gasteiger partial charge >= 0.3 is 0 Å². The number of amides is 1. The van der Waals surface area contributed by atoms with Gasteiger partial charge in [0.2, 0.25) is 5.91 Å². The number of anilines is 1. The fourth-order valence-electron chi connectivity index (χ4n) is 3.16. The minimum absolute atomic E-state index is 0. The van der Waals surface area contributed by atoms with Crippen LogP contribution in [0.1, 0.15) is 12.8 Å². The summed E-state index contributed by atoms with van der Waals surface area (Å²) < 4.78 is 5.55. The van der Waals surface area contributed by atoms with Crippen molar-refractivity contribution in [2.24, 2.45) is 0 Å². The number of hydrogen-bond acceptors (Lipinski definition) is 4. The highest BCUT2D eigenvalue weighted by Gasteiger charge is 2.22. The zero-order chi connectivity index (χ0) is 16.1. The third-order valence-electron chi connectivity index (χ3n) is 4.50. The molecule has 0 saturated carbocycles. The molecule has 1 atom stereocenters. The van der Waals surface area contributed by atoms with E-state index >= 15 is 0 Å². The van der Waals surface area contributed by atoms with Crippen molar-refractivity contribution < 1.29 is 9.53 Å². The second-order valence-electron chi connectivity index (χ2n) is 6.09. The first-order valence-electron chi connectivity index (χ1n) is 8.33. The van der Waals surface area contributed by atoms with Gasteiger partial charge in [0.15, 0.2) is 0 Å². The first kappa shape index (κ1) is 22.3. The summed E-state index contributed by atoms with van der Waals surface area (Å²) in [5, 5.41) is 3.99. The molecule has 2 fully saturated rings.